The van der Waals surface area contributed by atoms with Crippen LogP contribution in [0.3, 0.4) is 0 Å². The van der Waals surface area contributed by atoms with Gasteiger partial charge >= 0.3 is 0 Å². The Labute approximate surface area is 119 Å². The van der Waals surface area contributed by atoms with Crippen molar-refractivity contribution in [2.75, 3.05) is 6.61 Å². The first kappa shape index (κ1) is 13.4. The van der Waals surface area contributed by atoms with Gasteiger partial charge in [0.15, 0.2) is 0 Å². The fraction of sp³-hybridized carbons (Fsp3) is 0.562. The molecule has 1 aliphatic heterocycles. The third kappa shape index (κ3) is 2.80. The number of fused-ring (bicyclic) bond motifs is 1. The van der Waals surface area contributed by atoms with Crippen LogP contribution >= 0.6 is 0 Å². The zero-order valence-corrected chi connectivity index (χ0v) is 11.7. The number of hydrogen-bond acceptors (Lipinski definition) is 3. The number of carbonyl (C=O) groups is 1. The molecular formula is C16H22N2O2. The van der Waals surface area contributed by atoms with Crippen molar-refractivity contribution in [3.8, 4) is 5.75 Å². The maximum Gasteiger partial charge on any atom is 0.227 e. The second-order valence-corrected chi connectivity index (χ2v) is 5.88. The van der Waals surface area contributed by atoms with E-state index in [0.29, 0.717) is 6.61 Å². The summed E-state index contributed by atoms with van der Waals surface area (Å²) in [6.07, 6.45) is 5.09. The fourth-order valence-electron chi connectivity index (χ4n) is 3.14. The lowest BCUT2D eigenvalue weighted by Crippen LogP contribution is -2.52. The van der Waals surface area contributed by atoms with Crippen molar-refractivity contribution in [2.24, 2.45) is 11.7 Å². The maximum atomic E-state index is 12.4. The molecule has 20 heavy (non-hydrogen) atoms. The molecule has 1 aromatic rings. The number of nitrogens with one attached hydrogen (secondary N) is 1. The van der Waals surface area contributed by atoms with Crippen LogP contribution in [0, 0.1) is 5.92 Å². The number of hydrogen-bond donors (Lipinski definition) is 2. The average molecular weight is 274 g/mol. The lowest BCUT2D eigenvalue weighted by Gasteiger charge is -2.32. The van der Waals surface area contributed by atoms with Crippen LogP contribution in [0.15, 0.2) is 24.3 Å². The molecule has 3 rings (SSSR count). The highest BCUT2D eigenvalue weighted by Crippen LogP contribution is 2.27. The molecule has 0 aromatic heterocycles. The lowest BCUT2D eigenvalue weighted by atomic mass is 9.89. The fourth-order valence-corrected chi connectivity index (χ4v) is 3.14. The summed E-state index contributed by atoms with van der Waals surface area (Å²) in [6, 6.07) is 8.17. The summed E-state index contributed by atoms with van der Waals surface area (Å²) in [5, 5.41) is 3.13. The molecule has 1 amide bonds. The van der Waals surface area contributed by atoms with Gasteiger partial charge in [-0.05, 0) is 30.9 Å². The smallest absolute Gasteiger partial charge is 0.227 e. The van der Waals surface area contributed by atoms with Crippen molar-refractivity contribution in [2.45, 2.75) is 44.2 Å². The number of para-hydroxylation sites is 1. The van der Waals surface area contributed by atoms with E-state index >= 15 is 0 Å². The van der Waals surface area contributed by atoms with Crippen LogP contribution in [-0.2, 0) is 11.2 Å². The van der Waals surface area contributed by atoms with Crippen molar-refractivity contribution < 1.29 is 9.53 Å². The van der Waals surface area contributed by atoms with Crippen molar-refractivity contribution in [3.05, 3.63) is 29.8 Å². The first-order valence-electron chi connectivity index (χ1n) is 7.50. The van der Waals surface area contributed by atoms with Crippen LogP contribution in [0.2, 0.25) is 0 Å². The summed E-state index contributed by atoms with van der Waals surface area (Å²) < 4.78 is 5.68. The Kier molecular flexibility index (Phi) is 3.92. The molecule has 108 valence electrons. The maximum absolute atomic E-state index is 12.4. The van der Waals surface area contributed by atoms with Gasteiger partial charge in [0.05, 0.1) is 5.92 Å². The number of carbonyl (C=O) groups excluding carboxylic acids is 1. The van der Waals surface area contributed by atoms with Crippen molar-refractivity contribution in [1.29, 1.82) is 0 Å². The first-order chi connectivity index (χ1) is 9.74. The Bertz CT molecular complexity index is 489. The number of rotatable bonds is 2. The topological polar surface area (TPSA) is 64.3 Å². The Morgan fingerprint density at radius 3 is 2.90 bits per heavy atom. The van der Waals surface area contributed by atoms with Crippen molar-refractivity contribution >= 4 is 5.91 Å². The number of benzene rings is 1. The number of ether oxygens (including phenoxy) is 1. The molecular weight excluding hydrogens is 252 g/mol. The molecule has 1 heterocycles. The molecule has 1 unspecified atom stereocenters. The predicted molar refractivity (Wildman–Crippen MR) is 77.5 cm³/mol. The molecule has 4 heteroatoms. The third-order valence-corrected chi connectivity index (χ3v) is 4.40. The standard InChI is InChI=1S/C16H22N2O2/c17-13-6-2-3-7-14(13)18-16(19)12-9-11-5-1-4-8-15(11)20-10-12/h1,4-5,8,12-14H,2-3,6-7,9-10,17H2,(H,18,19)/t12?,13-,14-/m1/s1. The van der Waals surface area contributed by atoms with Crippen LogP contribution in [0.5, 0.6) is 5.75 Å². The highest BCUT2D eigenvalue weighted by Gasteiger charge is 2.29. The molecule has 0 bridgehead atoms. The van der Waals surface area contributed by atoms with Gasteiger partial charge in [-0.15, -0.1) is 0 Å². The molecule has 1 aromatic carbocycles. The van der Waals surface area contributed by atoms with E-state index in [0.717, 1.165) is 37.0 Å². The van der Waals surface area contributed by atoms with Crippen LogP contribution < -0.4 is 15.8 Å². The average Bonchev–Trinajstić information content (AvgIpc) is 2.49. The minimum atomic E-state index is -0.0981. The highest BCUT2D eigenvalue weighted by molar-refractivity contribution is 5.80. The van der Waals surface area contributed by atoms with Gasteiger partial charge in [0.25, 0.3) is 0 Å². The molecule has 3 N–H and O–H groups in total. The largest absolute Gasteiger partial charge is 0.492 e. The van der Waals surface area contributed by atoms with E-state index in [-0.39, 0.29) is 23.9 Å². The monoisotopic (exact) mass is 274 g/mol. The van der Waals surface area contributed by atoms with Gasteiger partial charge in [-0.2, -0.15) is 0 Å². The Morgan fingerprint density at radius 2 is 2.05 bits per heavy atom. The molecule has 1 aliphatic carbocycles. The first-order valence-corrected chi connectivity index (χ1v) is 7.50. The molecule has 4 nitrogen and oxygen atoms in total. The Balaban J connectivity index is 1.61. The summed E-state index contributed by atoms with van der Waals surface area (Å²) in [6.45, 7) is 0.463. The van der Waals surface area contributed by atoms with Gasteiger partial charge < -0.3 is 15.8 Å². The van der Waals surface area contributed by atoms with Gasteiger partial charge in [0, 0.05) is 12.1 Å². The van der Waals surface area contributed by atoms with Crippen molar-refractivity contribution in [1.82, 2.24) is 5.32 Å². The highest BCUT2D eigenvalue weighted by atomic mass is 16.5. The van der Waals surface area contributed by atoms with Gasteiger partial charge in [-0.3, -0.25) is 4.79 Å². The molecule has 1 fully saturated rings. The van der Waals surface area contributed by atoms with Crippen molar-refractivity contribution in [3.63, 3.8) is 0 Å². The third-order valence-electron chi connectivity index (χ3n) is 4.40. The molecule has 0 spiro atoms. The van der Waals surface area contributed by atoms with Gasteiger partial charge in [-0.25, -0.2) is 0 Å². The Morgan fingerprint density at radius 1 is 1.25 bits per heavy atom. The Hall–Kier alpha value is -1.55. The van der Waals surface area contributed by atoms with E-state index in [1.165, 1.54) is 6.42 Å². The summed E-state index contributed by atoms with van der Waals surface area (Å²) >= 11 is 0. The van der Waals surface area contributed by atoms with E-state index in [1.54, 1.807) is 0 Å². The van der Waals surface area contributed by atoms with Gasteiger partial charge in [-0.1, -0.05) is 31.0 Å². The number of amides is 1. The molecule has 0 saturated heterocycles. The second-order valence-electron chi connectivity index (χ2n) is 5.88. The molecule has 3 atom stereocenters. The van der Waals surface area contributed by atoms with Crippen LogP contribution in [0.1, 0.15) is 31.2 Å². The van der Waals surface area contributed by atoms with E-state index in [9.17, 15) is 4.79 Å². The zero-order valence-electron chi connectivity index (χ0n) is 11.7. The van der Waals surface area contributed by atoms with Gasteiger partial charge in [0.1, 0.15) is 12.4 Å². The van der Waals surface area contributed by atoms with Crippen LogP contribution in [-0.4, -0.2) is 24.6 Å². The van der Waals surface area contributed by atoms with Gasteiger partial charge in [0.2, 0.25) is 5.91 Å². The normalized spacial score (nSPS) is 29.1. The second kappa shape index (κ2) is 5.83. The SMILES string of the molecule is N[C@@H]1CCCC[C@H]1NC(=O)C1COc2ccccc2C1. The predicted octanol–water partition coefficient (Wildman–Crippen LogP) is 1.62. The van der Waals surface area contributed by atoms with Crippen LogP contribution in [0.4, 0.5) is 0 Å². The molecule has 0 radical (unpaired) electrons. The van der Waals surface area contributed by atoms with E-state index in [4.69, 9.17) is 10.5 Å². The zero-order chi connectivity index (χ0) is 13.9. The molecule has 2 aliphatic rings. The lowest BCUT2D eigenvalue weighted by molar-refractivity contribution is -0.127. The number of nitrogens with two attached hydrogens (primary N) is 1. The molecule has 1 saturated carbocycles. The van der Waals surface area contributed by atoms with Crippen LogP contribution in [0.25, 0.3) is 0 Å². The minimum Gasteiger partial charge on any atom is -0.492 e. The summed E-state index contributed by atoms with van der Waals surface area (Å²) in [5.74, 6) is 0.895. The van der Waals surface area contributed by atoms with E-state index in [2.05, 4.69) is 5.32 Å². The summed E-state index contributed by atoms with van der Waals surface area (Å²) in [7, 11) is 0. The minimum absolute atomic E-state index is 0.0850. The van der Waals surface area contributed by atoms with E-state index in [1.807, 2.05) is 24.3 Å². The van der Waals surface area contributed by atoms with E-state index < -0.39 is 0 Å². The quantitative estimate of drug-likeness (QED) is 0.861. The summed E-state index contributed by atoms with van der Waals surface area (Å²) in [5.41, 5.74) is 7.20. The summed E-state index contributed by atoms with van der Waals surface area (Å²) in [4.78, 5) is 12.4.